The molecule has 2 aromatic rings. The molecule has 0 bridgehead atoms. The van der Waals surface area contributed by atoms with Crippen molar-refractivity contribution in [2.75, 3.05) is 0 Å². The summed E-state index contributed by atoms with van der Waals surface area (Å²) in [5.41, 5.74) is 2.10. The van der Waals surface area contributed by atoms with E-state index >= 15 is 0 Å². The van der Waals surface area contributed by atoms with Gasteiger partial charge >= 0.3 is 0 Å². The molecule has 1 aromatic carbocycles. The van der Waals surface area contributed by atoms with Crippen LogP contribution in [0.25, 0.3) is 11.0 Å². The second kappa shape index (κ2) is 5.34. The highest BCUT2D eigenvalue weighted by Gasteiger charge is 2.25. The maximum Gasteiger partial charge on any atom is 0.124 e. The summed E-state index contributed by atoms with van der Waals surface area (Å²) in [7, 11) is 0. The van der Waals surface area contributed by atoms with E-state index in [2.05, 4.69) is 22.5 Å². The van der Waals surface area contributed by atoms with Crippen LogP contribution >= 0.6 is 23.2 Å². The van der Waals surface area contributed by atoms with Crippen LogP contribution < -0.4 is 0 Å². The summed E-state index contributed by atoms with van der Waals surface area (Å²) >= 11 is 12.1. The van der Waals surface area contributed by atoms with Crippen LogP contribution in [0.15, 0.2) is 18.2 Å². The van der Waals surface area contributed by atoms with E-state index in [0.29, 0.717) is 5.88 Å². The van der Waals surface area contributed by atoms with Gasteiger partial charge in [-0.1, -0.05) is 31.4 Å². The van der Waals surface area contributed by atoms with Crippen molar-refractivity contribution in [2.24, 2.45) is 11.8 Å². The predicted molar refractivity (Wildman–Crippen MR) is 80.8 cm³/mol. The molecular formula is C15H18Cl2N2. The molecule has 2 unspecified atom stereocenters. The zero-order valence-electron chi connectivity index (χ0n) is 11.1. The fourth-order valence-corrected chi connectivity index (χ4v) is 3.56. The first kappa shape index (κ1) is 13.3. The molecule has 0 aliphatic heterocycles. The first-order valence-corrected chi connectivity index (χ1v) is 7.81. The number of hydrogen-bond donors (Lipinski definition) is 0. The van der Waals surface area contributed by atoms with Gasteiger partial charge in [-0.05, 0) is 36.5 Å². The SMILES string of the molecule is CC1CCCC1Cn1c(CCl)nc2cc(Cl)ccc21. The van der Waals surface area contributed by atoms with E-state index in [4.69, 9.17) is 23.2 Å². The summed E-state index contributed by atoms with van der Waals surface area (Å²) in [6, 6.07) is 5.90. The summed E-state index contributed by atoms with van der Waals surface area (Å²) in [6.07, 6.45) is 4.01. The van der Waals surface area contributed by atoms with E-state index in [0.717, 1.165) is 40.3 Å². The number of fused-ring (bicyclic) bond motifs is 1. The van der Waals surface area contributed by atoms with E-state index in [1.165, 1.54) is 19.3 Å². The minimum atomic E-state index is 0.452. The van der Waals surface area contributed by atoms with Crippen molar-refractivity contribution in [1.82, 2.24) is 9.55 Å². The van der Waals surface area contributed by atoms with E-state index < -0.39 is 0 Å². The molecule has 1 heterocycles. The summed E-state index contributed by atoms with van der Waals surface area (Å²) in [5.74, 6) is 2.95. The molecule has 1 aliphatic rings. The molecule has 0 radical (unpaired) electrons. The maximum absolute atomic E-state index is 6.05. The lowest BCUT2D eigenvalue weighted by atomic mass is 9.98. The van der Waals surface area contributed by atoms with Crippen LogP contribution in [0.1, 0.15) is 32.0 Å². The van der Waals surface area contributed by atoms with E-state index in [1.807, 2.05) is 12.1 Å². The van der Waals surface area contributed by atoms with Crippen molar-refractivity contribution in [2.45, 2.75) is 38.6 Å². The summed E-state index contributed by atoms with van der Waals surface area (Å²) in [5, 5.41) is 0.729. The molecule has 1 fully saturated rings. The van der Waals surface area contributed by atoms with Crippen LogP contribution in [0.2, 0.25) is 5.02 Å². The number of benzene rings is 1. The smallest absolute Gasteiger partial charge is 0.124 e. The number of halogens is 2. The van der Waals surface area contributed by atoms with Gasteiger partial charge in [0.15, 0.2) is 0 Å². The van der Waals surface area contributed by atoms with Gasteiger partial charge < -0.3 is 4.57 Å². The number of hydrogen-bond acceptors (Lipinski definition) is 1. The Morgan fingerprint density at radius 3 is 2.89 bits per heavy atom. The molecule has 2 atom stereocenters. The van der Waals surface area contributed by atoms with Crippen LogP contribution in [0.4, 0.5) is 0 Å². The number of rotatable bonds is 3. The van der Waals surface area contributed by atoms with Crippen molar-refractivity contribution >= 4 is 34.2 Å². The van der Waals surface area contributed by atoms with Gasteiger partial charge in [0, 0.05) is 11.6 Å². The maximum atomic E-state index is 6.05. The highest BCUT2D eigenvalue weighted by Crippen LogP contribution is 2.34. The Bertz CT molecular complexity index is 591. The zero-order chi connectivity index (χ0) is 13.4. The van der Waals surface area contributed by atoms with Crippen molar-refractivity contribution in [3.8, 4) is 0 Å². The van der Waals surface area contributed by atoms with Gasteiger partial charge in [0.25, 0.3) is 0 Å². The van der Waals surface area contributed by atoms with Gasteiger partial charge in [0.05, 0.1) is 16.9 Å². The largest absolute Gasteiger partial charge is 0.327 e. The average molecular weight is 297 g/mol. The molecule has 1 aromatic heterocycles. The molecule has 3 rings (SSSR count). The summed E-state index contributed by atoms with van der Waals surface area (Å²) in [4.78, 5) is 4.61. The minimum Gasteiger partial charge on any atom is -0.327 e. The standard InChI is InChI=1S/C15H18Cl2N2/c1-10-3-2-4-11(10)9-19-14-6-5-12(17)7-13(14)18-15(19)8-16/h5-7,10-11H,2-4,8-9H2,1H3. The van der Waals surface area contributed by atoms with Crippen LogP contribution in [-0.2, 0) is 12.4 Å². The zero-order valence-corrected chi connectivity index (χ0v) is 12.6. The highest BCUT2D eigenvalue weighted by molar-refractivity contribution is 6.31. The lowest BCUT2D eigenvalue weighted by Crippen LogP contribution is -2.14. The lowest BCUT2D eigenvalue weighted by molar-refractivity contribution is 0.364. The third-order valence-electron chi connectivity index (χ3n) is 4.37. The molecule has 1 aliphatic carbocycles. The minimum absolute atomic E-state index is 0.452. The molecule has 0 spiro atoms. The van der Waals surface area contributed by atoms with Crippen molar-refractivity contribution in [3.63, 3.8) is 0 Å². The molecule has 19 heavy (non-hydrogen) atoms. The molecule has 102 valence electrons. The van der Waals surface area contributed by atoms with Gasteiger partial charge in [0.1, 0.15) is 5.82 Å². The quantitative estimate of drug-likeness (QED) is 0.739. The molecule has 2 nitrogen and oxygen atoms in total. The molecule has 1 saturated carbocycles. The first-order valence-electron chi connectivity index (χ1n) is 6.89. The molecule has 0 amide bonds. The third-order valence-corrected chi connectivity index (χ3v) is 4.84. The number of imidazole rings is 1. The average Bonchev–Trinajstić information content (AvgIpc) is 2.94. The van der Waals surface area contributed by atoms with Gasteiger partial charge in [-0.3, -0.25) is 0 Å². The number of nitrogens with zero attached hydrogens (tertiary/aromatic N) is 2. The van der Waals surface area contributed by atoms with Crippen LogP contribution in [-0.4, -0.2) is 9.55 Å². The molecular weight excluding hydrogens is 279 g/mol. The van der Waals surface area contributed by atoms with Gasteiger partial charge in [-0.15, -0.1) is 11.6 Å². The fraction of sp³-hybridized carbons (Fsp3) is 0.533. The first-order chi connectivity index (χ1) is 9.19. The Morgan fingerprint density at radius 1 is 1.37 bits per heavy atom. The normalized spacial score (nSPS) is 23.3. The second-order valence-electron chi connectivity index (χ2n) is 5.57. The Balaban J connectivity index is 2.00. The monoisotopic (exact) mass is 296 g/mol. The van der Waals surface area contributed by atoms with E-state index in [-0.39, 0.29) is 0 Å². The van der Waals surface area contributed by atoms with Gasteiger partial charge in [-0.2, -0.15) is 0 Å². The van der Waals surface area contributed by atoms with E-state index in [1.54, 1.807) is 0 Å². The number of alkyl halides is 1. The molecule has 4 heteroatoms. The third kappa shape index (κ3) is 2.48. The van der Waals surface area contributed by atoms with Crippen LogP contribution in [0, 0.1) is 11.8 Å². The molecule has 0 N–H and O–H groups in total. The second-order valence-corrected chi connectivity index (χ2v) is 6.28. The summed E-state index contributed by atoms with van der Waals surface area (Å²) in [6.45, 7) is 3.38. The van der Waals surface area contributed by atoms with Gasteiger partial charge in [-0.25, -0.2) is 4.98 Å². The van der Waals surface area contributed by atoms with Crippen molar-refractivity contribution in [3.05, 3.63) is 29.0 Å². The Morgan fingerprint density at radius 2 is 2.21 bits per heavy atom. The van der Waals surface area contributed by atoms with E-state index in [9.17, 15) is 0 Å². The number of aromatic nitrogens is 2. The fourth-order valence-electron chi connectivity index (χ4n) is 3.19. The Labute approximate surface area is 123 Å². The van der Waals surface area contributed by atoms with Gasteiger partial charge in [0.2, 0.25) is 0 Å². The highest BCUT2D eigenvalue weighted by atomic mass is 35.5. The Hall–Kier alpha value is -0.730. The topological polar surface area (TPSA) is 17.8 Å². The predicted octanol–water partition coefficient (Wildman–Crippen LogP) is 4.86. The summed E-state index contributed by atoms with van der Waals surface area (Å²) < 4.78 is 2.28. The Kier molecular flexibility index (Phi) is 3.72. The molecule has 0 saturated heterocycles. The van der Waals surface area contributed by atoms with Crippen molar-refractivity contribution < 1.29 is 0 Å². The van der Waals surface area contributed by atoms with Crippen LogP contribution in [0.5, 0.6) is 0 Å². The van der Waals surface area contributed by atoms with Crippen molar-refractivity contribution in [1.29, 1.82) is 0 Å². The van der Waals surface area contributed by atoms with Crippen LogP contribution in [0.3, 0.4) is 0 Å². The lowest BCUT2D eigenvalue weighted by Gasteiger charge is -2.18.